The predicted molar refractivity (Wildman–Crippen MR) is 110 cm³/mol. The quantitative estimate of drug-likeness (QED) is 0.577. The van der Waals surface area contributed by atoms with Gasteiger partial charge in [-0.25, -0.2) is 5.43 Å². The van der Waals surface area contributed by atoms with Crippen LogP contribution in [-0.2, 0) is 4.79 Å². The topological polar surface area (TPSA) is 80.2 Å². The SMILES string of the molecule is COc1ccc(C(=O)N/N=C(/C)c2ccc(OCC(=O)N3CCCC3)cc2)cc1. The van der Waals surface area contributed by atoms with Crippen molar-refractivity contribution in [3.8, 4) is 11.5 Å². The summed E-state index contributed by atoms with van der Waals surface area (Å²) in [7, 11) is 1.57. The van der Waals surface area contributed by atoms with E-state index in [0.717, 1.165) is 31.5 Å². The molecule has 3 rings (SSSR count). The van der Waals surface area contributed by atoms with E-state index in [1.165, 1.54) is 0 Å². The van der Waals surface area contributed by atoms with Gasteiger partial charge >= 0.3 is 0 Å². The molecule has 2 aromatic carbocycles. The third-order valence-electron chi connectivity index (χ3n) is 4.77. The van der Waals surface area contributed by atoms with Gasteiger partial charge in [0.05, 0.1) is 12.8 Å². The molecule has 0 bridgehead atoms. The number of carbonyl (C=O) groups is 2. The monoisotopic (exact) mass is 395 g/mol. The Bertz CT molecular complexity index is 870. The van der Waals surface area contributed by atoms with E-state index in [-0.39, 0.29) is 18.4 Å². The number of likely N-dealkylation sites (tertiary alicyclic amines) is 1. The summed E-state index contributed by atoms with van der Waals surface area (Å²) in [5, 5.41) is 4.15. The van der Waals surface area contributed by atoms with Crippen LogP contribution in [0.25, 0.3) is 0 Å². The third kappa shape index (κ3) is 5.57. The molecule has 2 amide bonds. The predicted octanol–water partition coefficient (Wildman–Crippen LogP) is 2.85. The van der Waals surface area contributed by atoms with Crippen LogP contribution in [0.2, 0.25) is 0 Å². The molecule has 152 valence electrons. The van der Waals surface area contributed by atoms with E-state index in [0.29, 0.717) is 22.8 Å². The molecular weight excluding hydrogens is 370 g/mol. The highest BCUT2D eigenvalue weighted by Crippen LogP contribution is 2.15. The fraction of sp³-hybridized carbons (Fsp3) is 0.318. The molecule has 1 heterocycles. The molecule has 7 heteroatoms. The smallest absolute Gasteiger partial charge is 0.271 e. The molecule has 2 aromatic rings. The highest BCUT2D eigenvalue weighted by molar-refractivity contribution is 6.00. The van der Waals surface area contributed by atoms with Gasteiger partial charge in [0, 0.05) is 18.7 Å². The average Bonchev–Trinajstić information content (AvgIpc) is 3.31. The second kappa shape index (κ2) is 9.73. The molecule has 1 aliphatic heterocycles. The van der Waals surface area contributed by atoms with Crippen LogP contribution in [0.1, 0.15) is 35.7 Å². The van der Waals surface area contributed by atoms with Crippen molar-refractivity contribution in [1.29, 1.82) is 0 Å². The van der Waals surface area contributed by atoms with Crippen LogP contribution in [0, 0.1) is 0 Å². The highest BCUT2D eigenvalue weighted by Gasteiger charge is 2.18. The number of rotatable bonds is 7. The van der Waals surface area contributed by atoms with Crippen molar-refractivity contribution in [2.24, 2.45) is 5.10 Å². The molecule has 0 saturated carbocycles. The maximum absolute atomic E-state index is 12.2. The molecule has 0 unspecified atom stereocenters. The summed E-state index contributed by atoms with van der Waals surface area (Å²) in [6.07, 6.45) is 2.13. The number of nitrogens with zero attached hydrogens (tertiary/aromatic N) is 2. The Morgan fingerprint density at radius 2 is 1.55 bits per heavy atom. The zero-order chi connectivity index (χ0) is 20.6. The maximum Gasteiger partial charge on any atom is 0.271 e. The Morgan fingerprint density at radius 1 is 0.966 bits per heavy atom. The lowest BCUT2D eigenvalue weighted by Gasteiger charge is -2.15. The number of methoxy groups -OCH3 is 1. The number of hydrogen-bond donors (Lipinski definition) is 1. The molecule has 1 fully saturated rings. The van der Waals surface area contributed by atoms with Crippen molar-refractivity contribution in [1.82, 2.24) is 10.3 Å². The van der Waals surface area contributed by atoms with Gasteiger partial charge in [-0.05, 0) is 73.9 Å². The Labute approximate surface area is 170 Å². The van der Waals surface area contributed by atoms with Gasteiger partial charge in [-0.2, -0.15) is 5.10 Å². The van der Waals surface area contributed by atoms with Crippen molar-refractivity contribution in [3.05, 3.63) is 59.7 Å². The second-order valence-electron chi connectivity index (χ2n) is 6.77. The van der Waals surface area contributed by atoms with E-state index in [4.69, 9.17) is 9.47 Å². The summed E-state index contributed by atoms with van der Waals surface area (Å²) >= 11 is 0. The summed E-state index contributed by atoms with van der Waals surface area (Å²) in [5.74, 6) is 1.03. The largest absolute Gasteiger partial charge is 0.497 e. The normalized spacial score (nSPS) is 13.9. The van der Waals surface area contributed by atoms with Crippen molar-refractivity contribution >= 4 is 17.5 Å². The molecule has 0 aliphatic carbocycles. The summed E-state index contributed by atoms with van der Waals surface area (Å²) in [6.45, 7) is 3.49. The van der Waals surface area contributed by atoms with Crippen LogP contribution in [0.3, 0.4) is 0 Å². The van der Waals surface area contributed by atoms with E-state index in [1.807, 2.05) is 17.0 Å². The van der Waals surface area contributed by atoms with Crippen molar-refractivity contribution in [2.75, 3.05) is 26.8 Å². The van der Waals surface area contributed by atoms with Gasteiger partial charge in [0.2, 0.25) is 0 Å². The first-order valence-electron chi connectivity index (χ1n) is 9.56. The van der Waals surface area contributed by atoms with Crippen LogP contribution in [0.5, 0.6) is 11.5 Å². The van der Waals surface area contributed by atoms with Crippen molar-refractivity contribution in [2.45, 2.75) is 19.8 Å². The first-order valence-corrected chi connectivity index (χ1v) is 9.56. The van der Waals surface area contributed by atoms with Crippen LogP contribution in [0.15, 0.2) is 53.6 Å². The first-order chi connectivity index (χ1) is 14.1. The third-order valence-corrected chi connectivity index (χ3v) is 4.77. The average molecular weight is 395 g/mol. The van der Waals surface area contributed by atoms with Crippen molar-refractivity contribution < 1.29 is 19.1 Å². The number of carbonyl (C=O) groups excluding carboxylic acids is 2. The van der Waals surface area contributed by atoms with E-state index < -0.39 is 0 Å². The number of amides is 2. The second-order valence-corrected chi connectivity index (χ2v) is 6.77. The van der Waals surface area contributed by atoms with Crippen LogP contribution >= 0.6 is 0 Å². The molecule has 7 nitrogen and oxygen atoms in total. The van der Waals surface area contributed by atoms with Gasteiger partial charge < -0.3 is 14.4 Å². The minimum Gasteiger partial charge on any atom is -0.497 e. The van der Waals surface area contributed by atoms with E-state index >= 15 is 0 Å². The van der Waals surface area contributed by atoms with E-state index in [2.05, 4.69) is 10.5 Å². The zero-order valence-electron chi connectivity index (χ0n) is 16.7. The summed E-state index contributed by atoms with van der Waals surface area (Å²) in [4.78, 5) is 26.0. The zero-order valence-corrected chi connectivity index (χ0v) is 16.7. The van der Waals surface area contributed by atoms with Gasteiger partial charge in [-0.1, -0.05) is 0 Å². The summed E-state index contributed by atoms with van der Waals surface area (Å²) < 4.78 is 10.7. The first kappa shape index (κ1) is 20.4. The standard InChI is InChI=1S/C22H25N3O4/c1-16(23-24-22(27)18-7-9-19(28-2)10-8-18)17-5-11-20(12-6-17)29-15-21(26)25-13-3-4-14-25/h5-12H,3-4,13-15H2,1-2H3,(H,24,27)/b23-16-. The fourth-order valence-corrected chi connectivity index (χ4v) is 3.00. The minimum atomic E-state index is -0.299. The van der Waals surface area contributed by atoms with Gasteiger partial charge in [-0.15, -0.1) is 0 Å². The Hall–Kier alpha value is -3.35. The number of nitrogens with one attached hydrogen (secondary N) is 1. The fourth-order valence-electron chi connectivity index (χ4n) is 3.00. The summed E-state index contributed by atoms with van der Waals surface area (Å²) in [5.41, 5.74) is 4.55. The van der Waals surface area contributed by atoms with Crippen LogP contribution < -0.4 is 14.9 Å². The van der Waals surface area contributed by atoms with E-state index in [9.17, 15) is 9.59 Å². The van der Waals surface area contributed by atoms with Crippen LogP contribution in [0.4, 0.5) is 0 Å². The molecule has 1 N–H and O–H groups in total. The number of hydrazone groups is 1. The minimum absolute atomic E-state index is 0.0190. The lowest BCUT2D eigenvalue weighted by atomic mass is 10.1. The Morgan fingerprint density at radius 3 is 2.17 bits per heavy atom. The van der Waals surface area contributed by atoms with Gasteiger partial charge in [0.25, 0.3) is 11.8 Å². The van der Waals surface area contributed by atoms with Gasteiger partial charge in [0.15, 0.2) is 6.61 Å². The molecule has 0 aromatic heterocycles. The van der Waals surface area contributed by atoms with Crippen molar-refractivity contribution in [3.63, 3.8) is 0 Å². The van der Waals surface area contributed by atoms with Gasteiger partial charge in [0.1, 0.15) is 11.5 Å². The molecule has 1 aliphatic rings. The molecule has 0 spiro atoms. The molecule has 29 heavy (non-hydrogen) atoms. The lowest BCUT2D eigenvalue weighted by Crippen LogP contribution is -2.32. The summed E-state index contributed by atoms with van der Waals surface area (Å²) in [6, 6.07) is 14.1. The lowest BCUT2D eigenvalue weighted by molar-refractivity contribution is -0.132. The van der Waals surface area contributed by atoms with Gasteiger partial charge in [-0.3, -0.25) is 9.59 Å². The van der Waals surface area contributed by atoms with Crippen LogP contribution in [-0.4, -0.2) is 49.2 Å². The number of ether oxygens (including phenoxy) is 2. The Kier molecular flexibility index (Phi) is 6.84. The molecular formula is C22H25N3O4. The number of benzene rings is 2. The molecule has 0 atom stereocenters. The number of hydrogen-bond acceptors (Lipinski definition) is 5. The molecule has 0 radical (unpaired) electrons. The molecule has 1 saturated heterocycles. The van der Waals surface area contributed by atoms with E-state index in [1.54, 1.807) is 50.4 Å². The highest BCUT2D eigenvalue weighted by atomic mass is 16.5. The maximum atomic E-state index is 12.2. The Balaban J connectivity index is 1.52.